The van der Waals surface area contributed by atoms with Crippen LogP contribution in [0.5, 0.6) is 11.5 Å². The average Bonchev–Trinajstić information content (AvgIpc) is 2.97. The number of benzene rings is 1. The minimum absolute atomic E-state index is 0.223. The third kappa shape index (κ3) is 20.3. The summed E-state index contributed by atoms with van der Waals surface area (Å²) in [6.45, 7) is 7.43. The first-order valence-corrected chi connectivity index (χ1v) is 20.2. The smallest absolute Gasteiger partial charge is 0.330 e. The summed E-state index contributed by atoms with van der Waals surface area (Å²) in [6.07, 6.45) is 5.78. The molecule has 1 rings (SSSR count). The fourth-order valence-corrected chi connectivity index (χ4v) is 8.60. The molecule has 0 aliphatic carbocycles. The van der Waals surface area contributed by atoms with Crippen molar-refractivity contribution in [2.45, 2.75) is 12.2 Å². The van der Waals surface area contributed by atoms with E-state index in [-0.39, 0.29) is 13.2 Å². The van der Waals surface area contributed by atoms with Gasteiger partial charge in [-0.15, -0.1) is 0 Å². The molecule has 0 saturated carbocycles. The van der Waals surface area contributed by atoms with Gasteiger partial charge in [-0.2, -0.15) is 70.6 Å². The standard InChI is InChI=1S/C28H42O6S6/c1-5-27(29)33-25(21-39-16-14-37-12-10-35-3)19-31-23-8-7-9-24(18-23)32-20-26(34-28(30)6-2)22-40-17-15-38-13-11-36-4/h5-9,18,25-26H,1-2,10-17,19-22H2,3-4H3. The quantitative estimate of drug-likeness (QED) is 0.0633. The van der Waals surface area contributed by atoms with Gasteiger partial charge in [0, 0.05) is 75.7 Å². The summed E-state index contributed by atoms with van der Waals surface area (Å²) in [6, 6.07) is 7.27. The van der Waals surface area contributed by atoms with Gasteiger partial charge < -0.3 is 18.9 Å². The highest BCUT2D eigenvalue weighted by Gasteiger charge is 2.16. The summed E-state index contributed by atoms with van der Waals surface area (Å²) < 4.78 is 22.9. The van der Waals surface area contributed by atoms with Crippen molar-refractivity contribution >= 4 is 82.5 Å². The predicted molar refractivity (Wildman–Crippen MR) is 184 cm³/mol. The van der Waals surface area contributed by atoms with Crippen molar-refractivity contribution in [3.05, 3.63) is 49.6 Å². The summed E-state index contributed by atoms with van der Waals surface area (Å²) >= 11 is 11.1. The normalized spacial score (nSPS) is 12.2. The second-order valence-electron chi connectivity index (χ2n) is 7.98. The topological polar surface area (TPSA) is 71.1 Å². The van der Waals surface area contributed by atoms with Crippen LogP contribution in [0, 0.1) is 0 Å². The molecule has 226 valence electrons. The first-order valence-electron chi connectivity index (χ1n) is 12.8. The molecule has 0 spiro atoms. The van der Waals surface area contributed by atoms with Crippen LogP contribution in [-0.4, -0.2) is 107 Å². The highest BCUT2D eigenvalue weighted by atomic mass is 32.2. The number of hydrogen-bond acceptors (Lipinski definition) is 12. The molecule has 40 heavy (non-hydrogen) atoms. The third-order valence-electron chi connectivity index (χ3n) is 4.79. The van der Waals surface area contributed by atoms with Crippen molar-refractivity contribution in [1.29, 1.82) is 0 Å². The SMILES string of the molecule is C=CC(=O)OC(COc1cccc(OCC(CSCCSCCSC)OC(=O)C=C)c1)CSCCSCCSC. The molecule has 0 saturated heterocycles. The van der Waals surface area contributed by atoms with E-state index in [9.17, 15) is 9.59 Å². The number of carbonyl (C=O) groups is 2. The highest BCUT2D eigenvalue weighted by Crippen LogP contribution is 2.21. The largest absolute Gasteiger partial charge is 0.490 e. The van der Waals surface area contributed by atoms with Crippen molar-refractivity contribution in [1.82, 2.24) is 0 Å². The third-order valence-corrected chi connectivity index (χ3v) is 11.2. The zero-order valence-electron chi connectivity index (χ0n) is 23.4. The van der Waals surface area contributed by atoms with Crippen molar-refractivity contribution in [3.63, 3.8) is 0 Å². The van der Waals surface area contributed by atoms with Gasteiger partial charge in [-0.3, -0.25) is 0 Å². The minimum Gasteiger partial charge on any atom is -0.490 e. The van der Waals surface area contributed by atoms with E-state index in [2.05, 4.69) is 25.7 Å². The van der Waals surface area contributed by atoms with Crippen molar-refractivity contribution < 1.29 is 28.5 Å². The lowest BCUT2D eigenvalue weighted by atomic mass is 10.3. The van der Waals surface area contributed by atoms with E-state index in [0.29, 0.717) is 23.0 Å². The molecular weight excluding hydrogens is 625 g/mol. The van der Waals surface area contributed by atoms with E-state index in [0.717, 1.165) is 46.0 Å². The number of esters is 2. The second kappa shape index (κ2) is 26.0. The van der Waals surface area contributed by atoms with Gasteiger partial charge in [-0.05, 0) is 24.6 Å². The first-order chi connectivity index (χ1) is 19.5. The van der Waals surface area contributed by atoms with Crippen LogP contribution in [0.25, 0.3) is 0 Å². The molecule has 2 unspecified atom stereocenters. The predicted octanol–water partition coefficient (Wildman–Crippen LogP) is 6.30. The van der Waals surface area contributed by atoms with Gasteiger partial charge >= 0.3 is 11.9 Å². The number of carbonyl (C=O) groups excluding carboxylic acids is 2. The maximum absolute atomic E-state index is 11.8. The van der Waals surface area contributed by atoms with Gasteiger partial charge in [0.2, 0.25) is 0 Å². The molecular formula is C28H42O6S6. The van der Waals surface area contributed by atoms with Gasteiger partial charge in [0.25, 0.3) is 0 Å². The van der Waals surface area contributed by atoms with Gasteiger partial charge in [0.1, 0.15) is 36.9 Å². The summed E-state index contributed by atoms with van der Waals surface area (Å²) in [4.78, 5) is 23.6. The van der Waals surface area contributed by atoms with Crippen molar-refractivity contribution in [2.24, 2.45) is 0 Å². The lowest BCUT2D eigenvalue weighted by Gasteiger charge is -2.19. The van der Waals surface area contributed by atoms with Crippen LogP contribution in [0.15, 0.2) is 49.6 Å². The number of ether oxygens (including phenoxy) is 4. The second-order valence-corrected chi connectivity index (χ2v) is 14.7. The highest BCUT2D eigenvalue weighted by molar-refractivity contribution is 8.04. The van der Waals surface area contributed by atoms with Gasteiger partial charge in [-0.1, -0.05) is 19.2 Å². The van der Waals surface area contributed by atoms with Gasteiger partial charge in [0.15, 0.2) is 0 Å². The number of rotatable bonds is 26. The molecule has 0 radical (unpaired) electrons. The van der Waals surface area contributed by atoms with Crippen LogP contribution in [0.2, 0.25) is 0 Å². The Balaban J connectivity index is 2.56. The summed E-state index contributed by atoms with van der Waals surface area (Å²) in [5.74, 6) is 10.3. The minimum atomic E-state index is -0.461. The van der Waals surface area contributed by atoms with Crippen molar-refractivity contribution in [2.75, 3.05) is 83.3 Å². The zero-order chi connectivity index (χ0) is 29.3. The molecule has 0 N–H and O–H groups in total. The van der Waals surface area contributed by atoms with Crippen LogP contribution in [0.4, 0.5) is 0 Å². The molecule has 0 aliphatic heterocycles. The molecule has 6 nitrogen and oxygen atoms in total. The van der Waals surface area contributed by atoms with Crippen LogP contribution < -0.4 is 9.47 Å². The van der Waals surface area contributed by atoms with E-state index in [4.69, 9.17) is 18.9 Å². The van der Waals surface area contributed by atoms with Gasteiger partial charge in [0.05, 0.1) is 0 Å². The molecule has 12 heteroatoms. The maximum Gasteiger partial charge on any atom is 0.330 e. The van der Waals surface area contributed by atoms with Crippen LogP contribution in [-0.2, 0) is 19.1 Å². The van der Waals surface area contributed by atoms with E-state index >= 15 is 0 Å². The molecule has 0 aromatic heterocycles. The molecule has 2 atom stereocenters. The molecule has 0 heterocycles. The first kappa shape index (κ1) is 37.4. The van der Waals surface area contributed by atoms with Crippen LogP contribution >= 0.6 is 70.6 Å². The van der Waals surface area contributed by atoms with E-state index in [1.807, 2.05) is 65.2 Å². The van der Waals surface area contributed by atoms with E-state index in [1.54, 1.807) is 29.6 Å². The average molecular weight is 667 g/mol. The molecule has 0 amide bonds. The summed E-state index contributed by atoms with van der Waals surface area (Å²) in [5, 5.41) is 0. The molecule has 1 aromatic rings. The fourth-order valence-electron chi connectivity index (χ4n) is 2.84. The van der Waals surface area contributed by atoms with Crippen LogP contribution in [0.3, 0.4) is 0 Å². The van der Waals surface area contributed by atoms with E-state index < -0.39 is 24.1 Å². The molecule has 0 fully saturated rings. The number of hydrogen-bond donors (Lipinski definition) is 0. The lowest BCUT2D eigenvalue weighted by Crippen LogP contribution is -2.27. The Hall–Kier alpha value is -0.660. The van der Waals surface area contributed by atoms with E-state index in [1.165, 1.54) is 12.2 Å². The Morgan fingerprint density at radius 2 is 1.10 bits per heavy atom. The fraction of sp³-hybridized carbons (Fsp3) is 0.571. The zero-order valence-corrected chi connectivity index (χ0v) is 28.3. The Kier molecular flexibility index (Phi) is 24.3. The molecule has 0 bridgehead atoms. The summed E-state index contributed by atoms with van der Waals surface area (Å²) in [7, 11) is 0. The maximum atomic E-state index is 11.8. The monoisotopic (exact) mass is 666 g/mol. The molecule has 1 aromatic carbocycles. The Bertz CT molecular complexity index is 780. The Labute approximate surface area is 266 Å². The summed E-state index contributed by atoms with van der Waals surface area (Å²) in [5.41, 5.74) is 0. The molecule has 0 aliphatic rings. The number of thioether (sulfide) groups is 6. The Morgan fingerprint density at radius 1 is 0.700 bits per heavy atom. The Morgan fingerprint density at radius 3 is 1.50 bits per heavy atom. The van der Waals surface area contributed by atoms with Crippen LogP contribution in [0.1, 0.15) is 0 Å². The van der Waals surface area contributed by atoms with Crippen molar-refractivity contribution in [3.8, 4) is 11.5 Å². The lowest BCUT2D eigenvalue weighted by molar-refractivity contribution is -0.144. The van der Waals surface area contributed by atoms with Gasteiger partial charge in [-0.25, -0.2) is 9.59 Å².